The fourth-order valence-electron chi connectivity index (χ4n) is 3.23. The van der Waals surface area contributed by atoms with Crippen LogP contribution in [0.2, 0.25) is 5.02 Å². The molecule has 0 spiro atoms. The first-order chi connectivity index (χ1) is 14.0. The third-order valence-electron chi connectivity index (χ3n) is 4.56. The number of nitrogens with zero attached hydrogens (tertiary/aromatic N) is 2. The van der Waals surface area contributed by atoms with Crippen LogP contribution in [-0.4, -0.2) is 27.3 Å². The Morgan fingerprint density at radius 3 is 2.83 bits per heavy atom. The molecule has 29 heavy (non-hydrogen) atoms. The zero-order valence-electron chi connectivity index (χ0n) is 15.5. The highest BCUT2D eigenvalue weighted by Gasteiger charge is 2.20. The van der Waals surface area contributed by atoms with Gasteiger partial charge in [0.15, 0.2) is 0 Å². The molecule has 0 fully saturated rings. The Morgan fingerprint density at radius 1 is 1.24 bits per heavy atom. The van der Waals surface area contributed by atoms with Crippen LogP contribution in [0.3, 0.4) is 0 Å². The van der Waals surface area contributed by atoms with E-state index in [1.165, 1.54) is 17.4 Å². The number of carbonyl (C=O) groups is 1. The van der Waals surface area contributed by atoms with Crippen molar-refractivity contribution in [3.63, 3.8) is 0 Å². The number of benzene rings is 2. The molecule has 0 atom stereocenters. The minimum absolute atomic E-state index is 0.140. The first-order valence-corrected chi connectivity index (χ1v) is 10.3. The highest BCUT2D eigenvalue weighted by Crippen LogP contribution is 2.29. The van der Waals surface area contributed by atoms with Crippen LogP contribution in [0.5, 0.6) is 0 Å². The fourth-order valence-corrected chi connectivity index (χ4v) is 4.44. The van der Waals surface area contributed by atoms with Crippen LogP contribution in [0.4, 0.5) is 4.39 Å². The van der Waals surface area contributed by atoms with Crippen molar-refractivity contribution < 1.29 is 9.18 Å². The molecule has 5 nitrogen and oxygen atoms in total. The summed E-state index contributed by atoms with van der Waals surface area (Å²) in [5.74, 6) is -0.197. The van der Waals surface area contributed by atoms with E-state index in [9.17, 15) is 14.0 Å². The number of amides is 1. The van der Waals surface area contributed by atoms with E-state index in [0.29, 0.717) is 38.6 Å². The first-order valence-electron chi connectivity index (χ1n) is 9.12. The number of hydrogen-bond acceptors (Lipinski definition) is 4. The van der Waals surface area contributed by atoms with Gasteiger partial charge in [-0.1, -0.05) is 24.6 Å². The maximum absolute atomic E-state index is 14.0. The van der Waals surface area contributed by atoms with Crippen LogP contribution in [-0.2, 0) is 6.54 Å². The summed E-state index contributed by atoms with van der Waals surface area (Å²) in [4.78, 5) is 34.7. The number of nitrogens with one attached hydrogen (secondary N) is 1. The minimum atomic E-state index is -0.350. The molecule has 148 valence electrons. The molecule has 4 aromatic rings. The molecule has 0 bridgehead atoms. The molecule has 1 N–H and O–H groups in total. The van der Waals surface area contributed by atoms with E-state index >= 15 is 0 Å². The number of halogens is 2. The summed E-state index contributed by atoms with van der Waals surface area (Å²) in [7, 11) is 0. The Hall–Kier alpha value is -2.77. The molecular formula is C21H17ClFN3O2S. The van der Waals surface area contributed by atoms with Gasteiger partial charge in [-0.15, -0.1) is 11.3 Å². The number of carbonyl (C=O) groups excluding carboxylic acids is 1. The molecule has 4 rings (SSSR count). The summed E-state index contributed by atoms with van der Waals surface area (Å²) in [6, 6.07) is 11.2. The standard InChI is InChI=1S/C21H17ClFN3O2S/c1-2-8-26(21(28)18-10-14-15(23)4-3-5-17(14)29-18)11-19-24-16-9-12(22)6-7-13(16)20(27)25-19/h3-7,9-10H,2,8,11H2,1H3,(H,24,25,27). The maximum Gasteiger partial charge on any atom is 0.264 e. The second kappa shape index (κ2) is 7.93. The Balaban J connectivity index is 1.68. The zero-order valence-corrected chi connectivity index (χ0v) is 17.1. The maximum atomic E-state index is 14.0. The quantitative estimate of drug-likeness (QED) is 0.486. The largest absolute Gasteiger partial charge is 0.330 e. The molecule has 0 saturated heterocycles. The Kier molecular flexibility index (Phi) is 5.34. The summed E-state index contributed by atoms with van der Waals surface area (Å²) in [5.41, 5.74) is 0.193. The molecule has 0 unspecified atom stereocenters. The number of fused-ring (bicyclic) bond motifs is 2. The Labute approximate surface area is 174 Å². The molecule has 2 aromatic carbocycles. The van der Waals surface area contributed by atoms with Crippen LogP contribution >= 0.6 is 22.9 Å². The van der Waals surface area contributed by atoms with Gasteiger partial charge in [0.1, 0.15) is 11.6 Å². The number of H-pyrrole nitrogens is 1. The Morgan fingerprint density at radius 2 is 2.07 bits per heavy atom. The van der Waals surface area contributed by atoms with Crippen molar-refractivity contribution in [1.82, 2.24) is 14.9 Å². The lowest BCUT2D eigenvalue weighted by Crippen LogP contribution is -2.32. The lowest BCUT2D eigenvalue weighted by molar-refractivity contribution is 0.0744. The lowest BCUT2D eigenvalue weighted by atomic mass is 10.2. The summed E-state index contributed by atoms with van der Waals surface area (Å²) < 4.78 is 14.7. The molecule has 1 amide bonds. The fraction of sp³-hybridized carbons (Fsp3) is 0.190. The van der Waals surface area contributed by atoms with Crippen molar-refractivity contribution in [2.24, 2.45) is 0 Å². The second-order valence-electron chi connectivity index (χ2n) is 6.66. The molecular weight excluding hydrogens is 413 g/mol. The molecule has 2 aromatic heterocycles. The SMILES string of the molecule is CCCN(Cc1nc2cc(Cl)ccc2c(=O)[nH]1)C(=O)c1cc2c(F)cccc2s1. The molecule has 0 aliphatic rings. The minimum Gasteiger partial charge on any atom is -0.330 e. The number of thiophene rings is 1. The van der Waals surface area contributed by atoms with Crippen molar-refractivity contribution in [1.29, 1.82) is 0 Å². The third kappa shape index (κ3) is 3.88. The predicted molar refractivity (Wildman–Crippen MR) is 114 cm³/mol. The number of hydrogen-bond donors (Lipinski definition) is 1. The highest BCUT2D eigenvalue weighted by molar-refractivity contribution is 7.20. The molecule has 0 saturated carbocycles. The third-order valence-corrected chi connectivity index (χ3v) is 5.88. The molecule has 0 aliphatic heterocycles. The van der Waals surface area contributed by atoms with E-state index in [-0.39, 0.29) is 23.8 Å². The van der Waals surface area contributed by atoms with Crippen LogP contribution in [0.25, 0.3) is 21.0 Å². The molecule has 8 heteroatoms. The second-order valence-corrected chi connectivity index (χ2v) is 8.18. The van der Waals surface area contributed by atoms with E-state index in [4.69, 9.17) is 11.6 Å². The smallest absolute Gasteiger partial charge is 0.264 e. The topological polar surface area (TPSA) is 66.1 Å². The van der Waals surface area contributed by atoms with Gasteiger partial charge in [-0.2, -0.15) is 0 Å². The zero-order chi connectivity index (χ0) is 20.5. The Bertz CT molecular complexity index is 1280. The van der Waals surface area contributed by atoms with Crippen molar-refractivity contribution in [3.8, 4) is 0 Å². The summed E-state index contributed by atoms with van der Waals surface area (Å²) >= 11 is 7.27. The van der Waals surface area contributed by atoms with E-state index in [2.05, 4.69) is 9.97 Å². The van der Waals surface area contributed by atoms with E-state index in [1.54, 1.807) is 41.3 Å². The van der Waals surface area contributed by atoms with Gasteiger partial charge in [-0.05, 0) is 42.8 Å². The van der Waals surface area contributed by atoms with E-state index < -0.39 is 0 Å². The summed E-state index contributed by atoms with van der Waals surface area (Å²) in [6.07, 6.45) is 0.731. The van der Waals surface area contributed by atoms with Gasteiger partial charge in [0.2, 0.25) is 0 Å². The van der Waals surface area contributed by atoms with Crippen molar-refractivity contribution in [2.45, 2.75) is 19.9 Å². The van der Waals surface area contributed by atoms with Crippen LogP contribution in [0.15, 0.2) is 47.3 Å². The van der Waals surface area contributed by atoms with Gasteiger partial charge in [-0.3, -0.25) is 9.59 Å². The van der Waals surface area contributed by atoms with Gasteiger partial charge < -0.3 is 9.88 Å². The van der Waals surface area contributed by atoms with Gasteiger partial charge in [0.25, 0.3) is 11.5 Å². The van der Waals surface area contributed by atoms with Crippen LogP contribution in [0, 0.1) is 5.82 Å². The molecule has 0 radical (unpaired) electrons. The van der Waals surface area contributed by atoms with Crippen molar-refractivity contribution in [3.05, 3.63) is 74.4 Å². The van der Waals surface area contributed by atoms with Crippen molar-refractivity contribution >= 4 is 49.8 Å². The average Bonchev–Trinajstić information content (AvgIpc) is 3.12. The number of aromatic amines is 1. The molecule has 2 heterocycles. The first kappa shape index (κ1) is 19.5. The lowest BCUT2D eigenvalue weighted by Gasteiger charge is -2.21. The normalized spacial score (nSPS) is 11.3. The van der Waals surface area contributed by atoms with Crippen LogP contribution < -0.4 is 5.56 Å². The molecule has 0 aliphatic carbocycles. The summed E-state index contributed by atoms with van der Waals surface area (Å²) in [5, 5.41) is 1.35. The van der Waals surface area contributed by atoms with E-state index in [0.717, 1.165) is 11.1 Å². The average molecular weight is 430 g/mol. The van der Waals surface area contributed by atoms with Crippen LogP contribution in [0.1, 0.15) is 28.8 Å². The number of rotatable bonds is 5. The van der Waals surface area contributed by atoms with Gasteiger partial charge in [-0.25, -0.2) is 9.37 Å². The number of aromatic nitrogens is 2. The van der Waals surface area contributed by atoms with Gasteiger partial charge in [0, 0.05) is 21.7 Å². The predicted octanol–water partition coefficient (Wildman–Crippen LogP) is 4.98. The van der Waals surface area contributed by atoms with Crippen molar-refractivity contribution in [2.75, 3.05) is 6.54 Å². The van der Waals surface area contributed by atoms with E-state index in [1.807, 2.05) is 6.92 Å². The summed E-state index contributed by atoms with van der Waals surface area (Å²) in [6.45, 7) is 2.58. The monoisotopic (exact) mass is 429 g/mol. The van der Waals surface area contributed by atoms with Gasteiger partial charge in [0.05, 0.1) is 22.3 Å². The van der Waals surface area contributed by atoms with Gasteiger partial charge >= 0.3 is 0 Å². The highest BCUT2D eigenvalue weighted by atomic mass is 35.5.